The van der Waals surface area contributed by atoms with Crippen molar-refractivity contribution < 1.29 is 13.2 Å². The SMILES string of the molecule is CNC(C)C1CCCN(Cc2ccc(C(F)(F)F)cc2)C1. The third-order valence-corrected chi connectivity index (χ3v) is 4.39. The van der Waals surface area contributed by atoms with Gasteiger partial charge in [-0.3, -0.25) is 4.90 Å². The van der Waals surface area contributed by atoms with E-state index in [9.17, 15) is 13.2 Å². The molecule has 0 radical (unpaired) electrons. The molecule has 2 unspecified atom stereocenters. The van der Waals surface area contributed by atoms with Crippen LogP contribution in [0.25, 0.3) is 0 Å². The van der Waals surface area contributed by atoms with Gasteiger partial charge in [0.2, 0.25) is 0 Å². The number of piperidine rings is 1. The van der Waals surface area contributed by atoms with E-state index in [-0.39, 0.29) is 0 Å². The predicted molar refractivity (Wildman–Crippen MR) is 78.0 cm³/mol. The van der Waals surface area contributed by atoms with Crippen molar-refractivity contribution in [3.05, 3.63) is 35.4 Å². The Labute approximate surface area is 124 Å². The fraction of sp³-hybridized carbons (Fsp3) is 0.625. The molecule has 2 atom stereocenters. The van der Waals surface area contributed by atoms with E-state index in [0.29, 0.717) is 12.0 Å². The van der Waals surface area contributed by atoms with Crippen molar-refractivity contribution in [2.75, 3.05) is 20.1 Å². The summed E-state index contributed by atoms with van der Waals surface area (Å²) in [7, 11) is 1.97. The second kappa shape index (κ2) is 6.79. The summed E-state index contributed by atoms with van der Waals surface area (Å²) in [5.74, 6) is 0.609. The van der Waals surface area contributed by atoms with E-state index >= 15 is 0 Å². The van der Waals surface area contributed by atoms with Gasteiger partial charge in [-0.2, -0.15) is 13.2 Å². The van der Waals surface area contributed by atoms with Gasteiger partial charge in [0.15, 0.2) is 0 Å². The summed E-state index contributed by atoms with van der Waals surface area (Å²) >= 11 is 0. The molecule has 0 bridgehead atoms. The van der Waals surface area contributed by atoms with Crippen LogP contribution < -0.4 is 5.32 Å². The number of likely N-dealkylation sites (tertiary alicyclic amines) is 1. The Morgan fingerprint density at radius 3 is 2.52 bits per heavy atom. The zero-order valence-electron chi connectivity index (χ0n) is 12.6. The first-order chi connectivity index (χ1) is 9.90. The molecule has 1 saturated heterocycles. The monoisotopic (exact) mass is 300 g/mol. The van der Waals surface area contributed by atoms with Crippen LogP contribution in [-0.2, 0) is 12.7 Å². The molecular weight excluding hydrogens is 277 g/mol. The molecule has 2 nitrogen and oxygen atoms in total. The van der Waals surface area contributed by atoms with Crippen molar-refractivity contribution in [1.82, 2.24) is 10.2 Å². The Morgan fingerprint density at radius 2 is 1.95 bits per heavy atom. The normalized spacial score (nSPS) is 22.2. The number of hydrogen-bond donors (Lipinski definition) is 1. The minimum atomic E-state index is -4.25. The van der Waals surface area contributed by atoms with E-state index in [0.717, 1.165) is 31.6 Å². The largest absolute Gasteiger partial charge is 0.416 e. The molecule has 0 aromatic heterocycles. The first kappa shape index (κ1) is 16.3. The smallest absolute Gasteiger partial charge is 0.317 e. The summed E-state index contributed by atoms with van der Waals surface area (Å²) in [6.07, 6.45) is -1.89. The molecule has 1 aliphatic heterocycles. The highest BCUT2D eigenvalue weighted by Crippen LogP contribution is 2.29. The van der Waals surface area contributed by atoms with Gasteiger partial charge < -0.3 is 5.32 Å². The van der Waals surface area contributed by atoms with Gasteiger partial charge in [0.25, 0.3) is 0 Å². The standard InChI is InChI=1S/C16H23F3N2/c1-12(20-2)14-4-3-9-21(11-14)10-13-5-7-15(8-6-13)16(17,18)19/h5-8,12,14,20H,3-4,9-11H2,1-2H3. The molecule has 1 aliphatic rings. The van der Waals surface area contributed by atoms with E-state index in [1.165, 1.54) is 18.6 Å². The summed E-state index contributed by atoms with van der Waals surface area (Å²) in [4.78, 5) is 2.34. The zero-order chi connectivity index (χ0) is 15.5. The van der Waals surface area contributed by atoms with Gasteiger partial charge in [-0.05, 0) is 57.0 Å². The Kier molecular flexibility index (Phi) is 5.27. The van der Waals surface area contributed by atoms with Crippen molar-refractivity contribution in [3.8, 4) is 0 Å². The fourth-order valence-electron chi connectivity index (χ4n) is 2.94. The third kappa shape index (κ3) is 4.45. The Morgan fingerprint density at radius 1 is 1.29 bits per heavy atom. The van der Waals surface area contributed by atoms with Gasteiger partial charge in [0.1, 0.15) is 0 Å². The van der Waals surface area contributed by atoms with E-state index in [1.807, 2.05) is 7.05 Å². The lowest BCUT2D eigenvalue weighted by atomic mass is 9.91. The molecule has 0 saturated carbocycles. The van der Waals surface area contributed by atoms with Crippen LogP contribution in [0.15, 0.2) is 24.3 Å². The average molecular weight is 300 g/mol. The van der Waals surface area contributed by atoms with Crippen LogP contribution in [0.5, 0.6) is 0 Å². The van der Waals surface area contributed by atoms with Crippen LogP contribution in [0.3, 0.4) is 0 Å². The van der Waals surface area contributed by atoms with Gasteiger partial charge >= 0.3 is 6.18 Å². The number of nitrogens with one attached hydrogen (secondary N) is 1. The van der Waals surface area contributed by atoms with Gasteiger partial charge in [0.05, 0.1) is 5.56 Å². The molecule has 0 spiro atoms. The lowest BCUT2D eigenvalue weighted by Crippen LogP contribution is -2.43. The lowest BCUT2D eigenvalue weighted by Gasteiger charge is -2.35. The maximum Gasteiger partial charge on any atom is 0.416 e. The molecule has 1 fully saturated rings. The highest BCUT2D eigenvalue weighted by molar-refractivity contribution is 5.24. The number of benzene rings is 1. The van der Waals surface area contributed by atoms with Crippen LogP contribution >= 0.6 is 0 Å². The highest BCUT2D eigenvalue weighted by Gasteiger charge is 2.30. The summed E-state index contributed by atoms with van der Waals surface area (Å²) < 4.78 is 37.6. The first-order valence-electron chi connectivity index (χ1n) is 7.46. The number of hydrogen-bond acceptors (Lipinski definition) is 2. The molecular formula is C16H23F3N2. The molecule has 118 valence electrons. The van der Waals surface area contributed by atoms with Crippen molar-refractivity contribution in [2.45, 2.75) is 38.5 Å². The zero-order valence-corrected chi connectivity index (χ0v) is 12.6. The molecule has 0 amide bonds. The van der Waals surface area contributed by atoms with Gasteiger partial charge in [0, 0.05) is 19.1 Å². The Bertz CT molecular complexity index is 442. The molecule has 1 aromatic rings. The molecule has 21 heavy (non-hydrogen) atoms. The number of rotatable bonds is 4. The molecule has 1 N–H and O–H groups in total. The summed E-state index contributed by atoms with van der Waals surface area (Å²) in [5.41, 5.74) is 0.368. The van der Waals surface area contributed by atoms with Crippen LogP contribution in [0.4, 0.5) is 13.2 Å². The van der Waals surface area contributed by atoms with E-state index in [1.54, 1.807) is 12.1 Å². The Hall–Kier alpha value is -1.07. The minimum Gasteiger partial charge on any atom is -0.317 e. The number of halogens is 3. The van der Waals surface area contributed by atoms with Gasteiger partial charge in [-0.1, -0.05) is 12.1 Å². The van der Waals surface area contributed by atoms with Crippen LogP contribution in [0, 0.1) is 5.92 Å². The van der Waals surface area contributed by atoms with Crippen LogP contribution in [-0.4, -0.2) is 31.1 Å². The molecule has 0 aliphatic carbocycles. The molecule has 1 aromatic carbocycles. The number of alkyl halides is 3. The minimum absolute atomic E-state index is 0.473. The van der Waals surface area contributed by atoms with Crippen molar-refractivity contribution in [1.29, 1.82) is 0 Å². The van der Waals surface area contributed by atoms with Crippen LogP contribution in [0.1, 0.15) is 30.9 Å². The van der Waals surface area contributed by atoms with E-state index in [2.05, 4.69) is 17.1 Å². The maximum absolute atomic E-state index is 12.5. The van der Waals surface area contributed by atoms with E-state index in [4.69, 9.17) is 0 Å². The summed E-state index contributed by atoms with van der Waals surface area (Å²) in [5, 5.41) is 3.29. The maximum atomic E-state index is 12.5. The number of nitrogens with zero attached hydrogens (tertiary/aromatic N) is 1. The molecule has 1 heterocycles. The topological polar surface area (TPSA) is 15.3 Å². The second-order valence-corrected chi connectivity index (χ2v) is 5.91. The Balaban J connectivity index is 1.95. The predicted octanol–water partition coefficient (Wildman–Crippen LogP) is 3.53. The quantitative estimate of drug-likeness (QED) is 0.915. The average Bonchev–Trinajstić information content (AvgIpc) is 2.46. The van der Waals surface area contributed by atoms with Gasteiger partial charge in [-0.15, -0.1) is 0 Å². The lowest BCUT2D eigenvalue weighted by molar-refractivity contribution is -0.137. The van der Waals surface area contributed by atoms with E-state index < -0.39 is 11.7 Å². The fourth-order valence-corrected chi connectivity index (χ4v) is 2.94. The van der Waals surface area contributed by atoms with Crippen molar-refractivity contribution >= 4 is 0 Å². The third-order valence-electron chi connectivity index (χ3n) is 4.39. The molecule has 2 rings (SSSR count). The summed E-state index contributed by atoms with van der Waals surface area (Å²) in [6.45, 7) is 4.94. The van der Waals surface area contributed by atoms with Gasteiger partial charge in [-0.25, -0.2) is 0 Å². The van der Waals surface area contributed by atoms with Crippen molar-refractivity contribution in [3.63, 3.8) is 0 Å². The first-order valence-corrected chi connectivity index (χ1v) is 7.46. The second-order valence-electron chi connectivity index (χ2n) is 5.91. The molecule has 5 heteroatoms. The highest BCUT2D eigenvalue weighted by atomic mass is 19.4. The van der Waals surface area contributed by atoms with Crippen molar-refractivity contribution in [2.24, 2.45) is 5.92 Å². The summed E-state index contributed by atoms with van der Waals surface area (Å²) in [6, 6.07) is 6.00. The van der Waals surface area contributed by atoms with Crippen LogP contribution in [0.2, 0.25) is 0 Å².